The lowest BCUT2D eigenvalue weighted by molar-refractivity contribution is -0.137. The van der Waals surface area contributed by atoms with Gasteiger partial charge < -0.3 is 19.7 Å². The van der Waals surface area contributed by atoms with Crippen molar-refractivity contribution < 1.29 is 36.6 Å². The molecule has 1 spiro atoms. The van der Waals surface area contributed by atoms with Crippen LogP contribution in [-0.2, 0) is 34.2 Å². The number of halogens is 6. The second-order valence-corrected chi connectivity index (χ2v) is 13.2. The van der Waals surface area contributed by atoms with E-state index in [0.717, 1.165) is 16.6 Å². The molecular weight excluding hydrogens is 689 g/mol. The van der Waals surface area contributed by atoms with Gasteiger partial charge in [-0.3, -0.25) is 19.5 Å². The van der Waals surface area contributed by atoms with Crippen molar-refractivity contribution >= 4 is 34.5 Å². The maximum Gasteiger partial charge on any atom is 0.416 e. The first kappa shape index (κ1) is 34.1. The van der Waals surface area contributed by atoms with Crippen LogP contribution >= 0.6 is 11.6 Å². The van der Waals surface area contributed by atoms with Crippen molar-refractivity contribution in [2.24, 2.45) is 0 Å². The molecule has 5 heterocycles. The van der Waals surface area contributed by atoms with Crippen LogP contribution in [0.5, 0.6) is 5.75 Å². The van der Waals surface area contributed by atoms with E-state index < -0.39 is 47.5 Å². The van der Waals surface area contributed by atoms with E-state index in [1.165, 1.54) is 10.6 Å². The maximum absolute atomic E-state index is 15.0. The highest BCUT2D eigenvalue weighted by atomic mass is 35.5. The van der Waals surface area contributed by atoms with E-state index in [9.17, 15) is 27.9 Å². The van der Waals surface area contributed by atoms with Gasteiger partial charge in [-0.25, -0.2) is 8.78 Å². The fraction of sp³-hybridized carbons (Fsp3) is 0.424. The number of benzene rings is 1. The number of aromatic hydroxyl groups is 1. The Bertz CT molecular complexity index is 2060. The van der Waals surface area contributed by atoms with Crippen LogP contribution in [0, 0.1) is 0 Å². The normalized spacial score (nSPS) is 19.3. The van der Waals surface area contributed by atoms with Crippen LogP contribution in [0.15, 0.2) is 47.4 Å². The predicted octanol–water partition coefficient (Wildman–Crippen LogP) is 5.39. The van der Waals surface area contributed by atoms with Gasteiger partial charge in [0.2, 0.25) is 18.1 Å². The summed E-state index contributed by atoms with van der Waals surface area (Å²) in [6, 6.07) is 5.60. The van der Waals surface area contributed by atoms with Crippen LogP contribution in [0.1, 0.15) is 59.9 Å². The molecule has 17 heteroatoms. The van der Waals surface area contributed by atoms with E-state index in [1.807, 2.05) is 4.90 Å². The Morgan fingerprint density at radius 2 is 1.98 bits per heavy atom. The molecule has 11 nitrogen and oxygen atoms in total. The van der Waals surface area contributed by atoms with Crippen molar-refractivity contribution in [2.75, 3.05) is 31.6 Å². The lowest BCUT2D eigenvalue weighted by Gasteiger charge is -2.39. The Morgan fingerprint density at radius 1 is 1.20 bits per heavy atom. The summed E-state index contributed by atoms with van der Waals surface area (Å²) < 4.78 is 77.3. The zero-order valence-electron chi connectivity index (χ0n) is 26.4. The van der Waals surface area contributed by atoms with E-state index in [0.29, 0.717) is 69.4 Å². The number of nitrogens with zero attached hydrogens (tertiary/aromatic N) is 6. The van der Waals surface area contributed by atoms with Crippen molar-refractivity contribution in [1.29, 1.82) is 0 Å². The topological polar surface area (TPSA) is 127 Å². The molecule has 7 rings (SSSR count). The Labute approximate surface area is 286 Å². The summed E-state index contributed by atoms with van der Waals surface area (Å²) in [4.78, 5) is 38.7. The van der Waals surface area contributed by atoms with Crippen molar-refractivity contribution in [3.05, 3.63) is 86.3 Å². The summed E-state index contributed by atoms with van der Waals surface area (Å²) in [6.45, 7) is 1.26. The van der Waals surface area contributed by atoms with Gasteiger partial charge in [-0.05, 0) is 74.7 Å². The number of aromatic nitrogens is 5. The van der Waals surface area contributed by atoms with Crippen molar-refractivity contribution in [3.63, 3.8) is 0 Å². The van der Waals surface area contributed by atoms with E-state index in [1.54, 1.807) is 18.3 Å². The molecule has 1 atom stereocenters. The highest BCUT2D eigenvalue weighted by molar-refractivity contribution is 6.33. The lowest BCUT2D eigenvalue weighted by atomic mass is 9.73. The molecule has 50 heavy (non-hydrogen) atoms. The first-order valence-electron chi connectivity index (χ1n) is 16.0. The number of amides is 1. The number of fused-ring (bicyclic) bond motifs is 3. The second kappa shape index (κ2) is 13.0. The SMILES string of the molecule is O=C(Cn1c2c(c(=O)n3nc(C4=CCOCC4)nc13)C1(CCN(Cc3ncccc3O)CC1)CC2C(F)F)Nc1ccc(C(F)(F)F)cc1Cl. The fourth-order valence-corrected chi connectivity index (χ4v) is 7.52. The van der Waals surface area contributed by atoms with Gasteiger partial charge in [-0.1, -0.05) is 17.7 Å². The molecule has 1 aliphatic carbocycles. The van der Waals surface area contributed by atoms with Crippen LogP contribution in [0.4, 0.5) is 27.6 Å². The summed E-state index contributed by atoms with van der Waals surface area (Å²) in [6.07, 6.45) is -3.13. The standard InChI is InChI=1S/C33H31ClF5N7O4/c34-21-14-19(33(37,38)39)3-4-22(21)41-25(48)17-45-27-20(28(35)36)15-32(7-10-44(11-8-32)16-23-24(47)2-1-9-40-23)26(27)30(49)46-31(45)42-29(43-46)18-5-12-50-13-6-18/h1-5,9,14,20,28,47H,6-8,10-13,15-17H2,(H,41,48). The maximum atomic E-state index is 15.0. The number of carbonyl (C=O) groups is 1. The van der Waals surface area contributed by atoms with Gasteiger partial charge in [0.25, 0.3) is 5.56 Å². The minimum atomic E-state index is -4.66. The van der Waals surface area contributed by atoms with Crippen molar-refractivity contribution in [2.45, 2.75) is 62.7 Å². The van der Waals surface area contributed by atoms with Crippen molar-refractivity contribution in [1.82, 2.24) is 29.0 Å². The van der Waals surface area contributed by atoms with Crippen LogP contribution in [0.2, 0.25) is 5.02 Å². The van der Waals surface area contributed by atoms with Crippen LogP contribution < -0.4 is 10.9 Å². The molecule has 2 aliphatic heterocycles. The van der Waals surface area contributed by atoms with E-state index in [2.05, 4.69) is 20.4 Å². The molecule has 2 N–H and O–H groups in total. The fourth-order valence-electron chi connectivity index (χ4n) is 7.29. The minimum absolute atomic E-state index is 0.0121. The van der Waals surface area contributed by atoms with Gasteiger partial charge in [0, 0.05) is 29.4 Å². The minimum Gasteiger partial charge on any atom is -0.506 e. The number of anilines is 1. The number of hydrogen-bond donors (Lipinski definition) is 2. The third kappa shape index (κ3) is 6.24. The monoisotopic (exact) mass is 719 g/mol. The molecule has 0 saturated carbocycles. The molecule has 1 fully saturated rings. The molecule has 0 radical (unpaired) electrons. The molecule has 1 unspecified atom stereocenters. The first-order chi connectivity index (χ1) is 23.8. The summed E-state index contributed by atoms with van der Waals surface area (Å²) in [5.41, 5.74) is -1.38. The smallest absolute Gasteiger partial charge is 0.416 e. The Kier molecular flexibility index (Phi) is 8.89. The second-order valence-electron chi connectivity index (χ2n) is 12.8. The van der Waals surface area contributed by atoms with Crippen molar-refractivity contribution in [3.8, 4) is 5.75 Å². The number of nitrogens with one attached hydrogen (secondary N) is 1. The van der Waals surface area contributed by atoms with Crippen LogP contribution in [0.3, 0.4) is 0 Å². The van der Waals surface area contributed by atoms with E-state index in [-0.39, 0.29) is 45.7 Å². The number of pyridine rings is 1. The third-order valence-electron chi connectivity index (χ3n) is 9.76. The van der Waals surface area contributed by atoms with Gasteiger partial charge in [0.15, 0.2) is 5.82 Å². The Morgan fingerprint density at radius 3 is 2.64 bits per heavy atom. The quantitative estimate of drug-likeness (QED) is 0.244. The van der Waals surface area contributed by atoms with Gasteiger partial charge in [-0.2, -0.15) is 22.7 Å². The lowest BCUT2D eigenvalue weighted by Crippen LogP contribution is -2.44. The van der Waals surface area contributed by atoms with Gasteiger partial charge >= 0.3 is 6.18 Å². The highest BCUT2D eigenvalue weighted by Gasteiger charge is 2.52. The van der Waals surface area contributed by atoms with Gasteiger partial charge in [0.1, 0.15) is 12.3 Å². The summed E-state index contributed by atoms with van der Waals surface area (Å²) in [5.74, 6) is -2.08. The third-order valence-corrected chi connectivity index (χ3v) is 10.1. The zero-order valence-corrected chi connectivity index (χ0v) is 27.1. The average Bonchev–Trinajstić information content (AvgIpc) is 3.68. The van der Waals surface area contributed by atoms with Crippen LogP contribution in [0.25, 0.3) is 11.4 Å². The largest absolute Gasteiger partial charge is 0.506 e. The number of rotatable bonds is 7. The Balaban J connectivity index is 1.29. The van der Waals surface area contributed by atoms with Gasteiger partial charge in [0.05, 0.1) is 41.1 Å². The number of carbonyl (C=O) groups excluding carboxylic acids is 1. The summed E-state index contributed by atoms with van der Waals surface area (Å²) >= 11 is 6.09. The van der Waals surface area contributed by atoms with E-state index >= 15 is 8.78 Å². The molecule has 0 bridgehead atoms. The summed E-state index contributed by atoms with van der Waals surface area (Å²) in [5, 5.41) is 16.8. The highest BCUT2D eigenvalue weighted by Crippen LogP contribution is 2.52. The average molecular weight is 720 g/mol. The molecule has 1 amide bonds. The summed E-state index contributed by atoms with van der Waals surface area (Å²) in [7, 11) is 0. The van der Waals surface area contributed by atoms with Gasteiger partial charge in [-0.15, -0.1) is 5.10 Å². The molecular formula is C33H31ClF5N7O4. The number of ether oxygens (including phenoxy) is 1. The predicted molar refractivity (Wildman–Crippen MR) is 171 cm³/mol. The number of alkyl halides is 5. The zero-order chi connectivity index (χ0) is 35.4. The van der Waals surface area contributed by atoms with Crippen LogP contribution in [-0.4, -0.2) is 72.8 Å². The molecule has 1 saturated heterocycles. The number of hydrogen-bond acceptors (Lipinski definition) is 8. The molecule has 3 aromatic heterocycles. The Hall–Kier alpha value is -4.41. The molecule has 264 valence electrons. The number of piperidine rings is 1. The molecule has 3 aliphatic rings. The number of likely N-dealkylation sites (tertiary alicyclic amines) is 1. The van der Waals surface area contributed by atoms with E-state index in [4.69, 9.17) is 16.3 Å². The first-order valence-corrected chi connectivity index (χ1v) is 16.3. The molecule has 4 aromatic rings. The molecule has 1 aromatic carbocycles.